The number of hydrogen-bond acceptors (Lipinski definition) is 1. The number of fused-ring (bicyclic) bond motifs is 1. The maximum atomic E-state index is 6.01. The van der Waals surface area contributed by atoms with Gasteiger partial charge in [-0.05, 0) is 35.4 Å². The summed E-state index contributed by atoms with van der Waals surface area (Å²) in [7, 11) is 0. The quantitative estimate of drug-likeness (QED) is 0.758. The molecule has 2 aromatic rings. The van der Waals surface area contributed by atoms with E-state index in [0.717, 1.165) is 16.0 Å². The van der Waals surface area contributed by atoms with Gasteiger partial charge in [-0.25, -0.2) is 0 Å². The van der Waals surface area contributed by atoms with Crippen LogP contribution in [0.2, 0.25) is 5.02 Å². The number of halogens is 1. The Labute approximate surface area is 88.5 Å². The normalized spacial score (nSPS) is 13.1. The van der Waals surface area contributed by atoms with Crippen molar-refractivity contribution in [2.45, 2.75) is 13.0 Å². The summed E-state index contributed by atoms with van der Waals surface area (Å²) in [4.78, 5) is 0. The highest BCUT2D eigenvalue weighted by atomic mass is 35.5. The zero-order valence-corrected chi connectivity index (χ0v) is 8.75. The molecule has 0 saturated heterocycles. The summed E-state index contributed by atoms with van der Waals surface area (Å²) in [6.07, 6.45) is 0. The molecule has 0 spiro atoms. The third-order valence-corrected chi connectivity index (χ3v) is 2.57. The van der Waals surface area contributed by atoms with E-state index in [1.807, 2.05) is 37.3 Å². The van der Waals surface area contributed by atoms with E-state index in [1.54, 1.807) is 0 Å². The second kappa shape index (κ2) is 3.60. The highest BCUT2D eigenvalue weighted by Crippen LogP contribution is 2.27. The van der Waals surface area contributed by atoms with E-state index in [2.05, 4.69) is 6.07 Å². The second-order valence-corrected chi connectivity index (χ2v) is 3.94. The van der Waals surface area contributed by atoms with Gasteiger partial charge in [0.25, 0.3) is 0 Å². The van der Waals surface area contributed by atoms with Gasteiger partial charge in [0.2, 0.25) is 0 Å². The minimum absolute atomic E-state index is 0.0126. The van der Waals surface area contributed by atoms with Crippen molar-refractivity contribution >= 4 is 22.4 Å². The Morgan fingerprint density at radius 2 is 1.93 bits per heavy atom. The molecule has 0 fully saturated rings. The van der Waals surface area contributed by atoms with Crippen LogP contribution in [0.3, 0.4) is 0 Å². The van der Waals surface area contributed by atoms with Gasteiger partial charge in [0.15, 0.2) is 0 Å². The van der Waals surface area contributed by atoms with Gasteiger partial charge in [0.05, 0.1) is 0 Å². The molecule has 0 heterocycles. The van der Waals surface area contributed by atoms with E-state index in [9.17, 15) is 0 Å². The molecular weight excluding hydrogens is 194 g/mol. The lowest BCUT2D eigenvalue weighted by Gasteiger charge is -2.10. The van der Waals surface area contributed by atoms with Gasteiger partial charge < -0.3 is 5.73 Å². The third kappa shape index (κ3) is 1.61. The molecule has 2 aromatic carbocycles. The molecule has 2 N–H and O–H groups in total. The van der Waals surface area contributed by atoms with Crippen molar-refractivity contribution in [2.24, 2.45) is 5.73 Å². The van der Waals surface area contributed by atoms with Crippen LogP contribution in [0.25, 0.3) is 10.8 Å². The number of benzene rings is 2. The molecule has 0 aromatic heterocycles. The van der Waals surface area contributed by atoms with E-state index in [-0.39, 0.29) is 6.04 Å². The molecule has 2 heteroatoms. The highest BCUT2D eigenvalue weighted by Gasteiger charge is 2.06. The first-order valence-electron chi connectivity index (χ1n) is 4.62. The van der Waals surface area contributed by atoms with Crippen LogP contribution in [-0.2, 0) is 0 Å². The predicted molar refractivity (Wildman–Crippen MR) is 61.6 cm³/mol. The van der Waals surface area contributed by atoms with Gasteiger partial charge in [-0.2, -0.15) is 0 Å². The van der Waals surface area contributed by atoms with E-state index < -0.39 is 0 Å². The molecule has 0 amide bonds. The second-order valence-electron chi connectivity index (χ2n) is 3.50. The molecule has 2 rings (SSSR count). The maximum absolute atomic E-state index is 6.01. The molecule has 0 aliphatic rings. The van der Waals surface area contributed by atoms with E-state index in [4.69, 9.17) is 17.3 Å². The van der Waals surface area contributed by atoms with Crippen molar-refractivity contribution in [3.8, 4) is 0 Å². The van der Waals surface area contributed by atoms with Crippen LogP contribution in [0.5, 0.6) is 0 Å². The smallest absolute Gasteiger partial charge is 0.0415 e. The van der Waals surface area contributed by atoms with Crippen LogP contribution in [0.1, 0.15) is 18.5 Å². The zero-order chi connectivity index (χ0) is 10.1. The molecule has 0 aliphatic heterocycles. The topological polar surface area (TPSA) is 26.0 Å². The van der Waals surface area contributed by atoms with Gasteiger partial charge in [-0.15, -0.1) is 0 Å². The lowest BCUT2D eigenvalue weighted by atomic mass is 10.0. The summed E-state index contributed by atoms with van der Waals surface area (Å²) in [5.74, 6) is 0. The van der Waals surface area contributed by atoms with Crippen molar-refractivity contribution in [1.82, 2.24) is 0 Å². The number of rotatable bonds is 1. The summed E-state index contributed by atoms with van der Waals surface area (Å²) in [5, 5.41) is 3.08. The average Bonchev–Trinajstić information content (AvgIpc) is 2.16. The fourth-order valence-corrected chi connectivity index (χ4v) is 1.91. The molecule has 1 atom stereocenters. The molecule has 1 nitrogen and oxygen atoms in total. The zero-order valence-electron chi connectivity index (χ0n) is 8.00. The molecule has 0 aliphatic carbocycles. The Morgan fingerprint density at radius 3 is 2.64 bits per heavy atom. The predicted octanol–water partition coefficient (Wildman–Crippen LogP) is 3.51. The first-order chi connectivity index (χ1) is 6.68. The molecule has 0 saturated carbocycles. The molecule has 0 unspecified atom stereocenters. The third-order valence-electron chi connectivity index (χ3n) is 2.35. The van der Waals surface area contributed by atoms with Crippen molar-refractivity contribution in [3.05, 3.63) is 47.0 Å². The largest absolute Gasteiger partial charge is 0.324 e. The van der Waals surface area contributed by atoms with Crippen LogP contribution in [-0.4, -0.2) is 0 Å². The first kappa shape index (κ1) is 9.50. The van der Waals surface area contributed by atoms with Gasteiger partial charge in [-0.1, -0.05) is 35.9 Å². The van der Waals surface area contributed by atoms with Crippen LogP contribution >= 0.6 is 11.6 Å². The summed E-state index contributed by atoms with van der Waals surface area (Å²) in [6.45, 7) is 1.97. The van der Waals surface area contributed by atoms with Gasteiger partial charge in [0, 0.05) is 11.1 Å². The van der Waals surface area contributed by atoms with Crippen LogP contribution < -0.4 is 5.73 Å². The Hall–Kier alpha value is -1.05. The summed E-state index contributed by atoms with van der Waals surface area (Å²) < 4.78 is 0. The molecule has 72 valence electrons. The summed E-state index contributed by atoms with van der Waals surface area (Å²) >= 11 is 6.01. The summed E-state index contributed by atoms with van der Waals surface area (Å²) in [5.41, 5.74) is 6.99. The monoisotopic (exact) mass is 205 g/mol. The molecule has 0 bridgehead atoms. The Kier molecular flexibility index (Phi) is 2.44. The van der Waals surface area contributed by atoms with Gasteiger partial charge >= 0.3 is 0 Å². The minimum Gasteiger partial charge on any atom is -0.324 e. The fourth-order valence-electron chi connectivity index (χ4n) is 1.68. The van der Waals surface area contributed by atoms with Crippen molar-refractivity contribution in [2.75, 3.05) is 0 Å². The van der Waals surface area contributed by atoms with Crippen LogP contribution in [0, 0.1) is 0 Å². The fraction of sp³-hybridized carbons (Fsp3) is 0.167. The Morgan fingerprint density at radius 1 is 1.21 bits per heavy atom. The number of hydrogen-bond donors (Lipinski definition) is 1. The molecule has 14 heavy (non-hydrogen) atoms. The number of nitrogens with two attached hydrogens (primary N) is 1. The average molecular weight is 206 g/mol. The van der Waals surface area contributed by atoms with E-state index >= 15 is 0 Å². The van der Waals surface area contributed by atoms with Gasteiger partial charge in [-0.3, -0.25) is 0 Å². The maximum Gasteiger partial charge on any atom is 0.0415 e. The van der Waals surface area contributed by atoms with Gasteiger partial charge in [0.1, 0.15) is 0 Å². The van der Waals surface area contributed by atoms with Crippen molar-refractivity contribution in [3.63, 3.8) is 0 Å². The lowest BCUT2D eigenvalue weighted by Crippen LogP contribution is -2.05. The molecular formula is C12H12ClN. The minimum atomic E-state index is 0.0126. The SMILES string of the molecule is C[C@@H](N)c1cc(Cl)cc2ccccc12. The summed E-state index contributed by atoms with van der Waals surface area (Å²) in [6, 6.07) is 12.1. The van der Waals surface area contributed by atoms with Crippen molar-refractivity contribution in [1.29, 1.82) is 0 Å². The van der Waals surface area contributed by atoms with Crippen LogP contribution in [0.4, 0.5) is 0 Å². The Bertz CT molecular complexity index is 463. The van der Waals surface area contributed by atoms with E-state index in [0.29, 0.717) is 0 Å². The standard InChI is InChI=1S/C12H12ClN/c1-8(14)12-7-10(13)6-9-4-2-3-5-11(9)12/h2-8H,14H2,1H3/t8-/m1/s1. The van der Waals surface area contributed by atoms with Crippen LogP contribution in [0.15, 0.2) is 36.4 Å². The van der Waals surface area contributed by atoms with Crippen molar-refractivity contribution < 1.29 is 0 Å². The highest BCUT2D eigenvalue weighted by molar-refractivity contribution is 6.31. The lowest BCUT2D eigenvalue weighted by molar-refractivity contribution is 0.827. The first-order valence-corrected chi connectivity index (χ1v) is 5.00. The molecule has 0 radical (unpaired) electrons. The Balaban J connectivity index is 2.80. The van der Waals surface area contributed by atoms with E-state index in [1.165, 1.54) is 5.39 Å².